The molecule has 1 aliphatic carbocycles. The van der Waals surface area contributed by atoms with Gasteiger partial charge in [-0.25, -0.2) is 4.68 Å². The van der Waals surface area contributed by atoms with E-state index in [-0.39, 0.29) is 11.9 Å². The Kier molecular flexibility index (Phi) is 5.70. The number of thiocarbonyl (C=S) groups is 1. The van der Waals surface area contributed by atoms with Gasteiger partial charge in [-0.15, -0.1) is 0 Å². The van der Waals surface area contributed by atoms with E-state index in [0.29, 0.717) is 32.0 Å². The topological polar surface area (TPSA) is 60.5 Å². The molecule has 2 aromatic carbocycles. The number of methoxy groups -OCH3 is 1. The Morgan fingerprint density at radius 2 is 1.94 bits per heavy atom. The van der Waals surface area contributed by atoms with Crippen LogP contribution in [-0.2, 0) is 4.79 Å². The number of fused-ring (bicyclic) bond motifs is 1. The molecule has 6 rings (SSSR count). The fraction of sp³-hybridized carbons (Fsp3) is 0.222. The lowest BCUT2D eigenvalue weighted by atomic mass is 10.1. The summed E-state index contributed by atoms with van der Waals surface area (Å²) in [6.45, 7) is 0. The van der Waals surface area contributed by atoms with E-state index in [9.17, 15) is 4.79 Å². The fourth-order valence-electron chi connectivity index (χ4n) is 4.81. The number of nitrogens with zero attached hydrogens (tertiary/aromatic N) is 3. The van der Waals surface area contributed by atoms with Crippen molar-refractivity contribution in [1.82, 2.24) is 14.7 Å². The number of furan rings is 1. The summed E-state index contributed by atoms with van der Waals surface area (Å²) in [5, 5.41) is 5.78. The first-order chi connectivity index (χ1) is 17.1. The third-order valence-electron chi connectivity index (χ3n) is 6.52. The molecule has 0 bridgehead atoms. The summed E-state index contributed by atoms with van der Waals surface area (Å²) >= 11 is 6.97. The van der Waals surface area contributed by atoms with Crippen molar-refractivity contribution in [1.29, 1.82) is 0 Å². The van der Waals surface area contributed by atoms with Crippen molar-refractivity contribution >= 4 is 51.3 Å². The minimum Gasteiger partial charge on any atom is -0.493 e. The van der Waals surface area contributed by atoms with E-state index in [1.165, 1.54) is 11.8 Å². The van der Waals surface area contributed by atoms with Crippen molar-refractivity contribution in [3.8, 4) is 22.9 Å². The van der Waals surface area contributed by atoms with Gasteiger partial charge < -0.3 is 9.15 Å². The first-order valence-corrected chi connectivity index (χ1v) is 12.8. The molecular weight excluding hydrogens is 478 g/mol. The Morgan fingerprint density at radius 3 is 2.71 bits per heavy atom. The van der Waals surface area contributed by atoms with E-state index in [1.807, 2.05) is 76.5 Å². The first kappa shape index (κ1) is 22.1. The second-order valence-corrected chi connectivity index (χ2v) is 10.4. The maximum Gasteiger partial charge on any atom is 0.266 e. The number of rotatable bonds is 5. The highest BCUT2D eigenvalue weighted by Crippen LogP contribution is 2.40. The number of ether oxygens (including phenoxy) is 1. The number of hydrogen-bond acceptors (Lipinski definition) is 6. The molecule has 35 heavy (non-hydrogen) atoms. The van der Waals surface area contributed by atoms with Crippen LogP contribution >= 0.6 is 24.0 Å². The Hall–Kier alpha value is -3.36. The molecule has 1 saturated carbocycles. The Balaban J connectivity index is 1.46. The molecule has 3 heterocycles. The zero-order valence-corrected chi connectivity index (χ0v) is 20.8. The quantitative estimate of drug-likeness (QED) is 0.232. The molecule has 1 saturated heterocycles. The molecule has 2 aromatic heterocycles. The van der Waals surface area contributed by atoms with Crippen LogP contribution in [0.5, 0.6) is 5.75 Å². The molecule has 0 radical (unpaired) electrons. The van der Waals surface area contributed by atoms with Crippen LogP contribution in [0.3, 0.4) is 0 Å². The van der Waals surface area contributed by atoms with Crippen LogP contribution in [-0.4, -0.2) is 38.1 Å². The highest BCUT2D eigenvalue weighted by molar-refractivity contribution is 8.26. The van der Waals surface area contributed by atoms with E-state index < -0.39 is 0 Å². The standard InChI is InChI=1S/C27H23N3O3S2/c1-32-21-13-7-8-17-14-22(33-25(17)21)24-18(16-29(28-24)19-9-3-2-4-10-19)15-23-26(31)30(27(34)35-23)20-11-5-6-12-20/h2-4,7-10,13-16,20H,5-6,11-12H2,1H3/b23-15-. The molecule has 1 amide bonds. The van der Waals surface area contributed by atoms with Gasteiger partial charge in [0.05, 0.1) is 17.7 Å². The van der Waals surface area contributed by atoms with E-state index in [1.54, 1.807) is 7.11 Å². The monoisotopic (exact) mass is 501 g/mol. The average molecular weight is 502 g/mol. The molecule has 0 atom stereocenters. The Bertz CT molecular complexity index is 1470. The molecule has 0 spiro atoms. The van der Waals surface area contributed by atoms with Crippen molar-refractivity contribution in [3.05, 3.63) is 71.3 Å². The number of amides is 1. The van der Waals surface area contributed by atoms with Gasteiger partial charge in [0.2, 0.25) is 0 Å². The van der Waals surface area contributed by atoms with Crippen molar-refractivity contribution in [2.75, 3.05) is 7.11 Å². The number of carbonyl (C=O) groups is 1. The van der Waals surface area contributed by atoms with E-state index in [0.717, 1.165) is 42.3 Å². The largest absolute Gasteiger partial charge is 0.493 e. The van der Waals surface area contributed by atoms with Gasteiger partial charge >= 0.3 is 0 Å². The lowest BCUT2D eigenvalue weighted by molar-refractivity contribution is -0.123. The molecule has 2 aliphatic rings. The molecule has 0 unspecified atom stereocenters. The lowest BCUT2D eigenvalue weighted by Crippen LogP contribution is -2.36. The van der Waals surface area contributed by atoms with Gasteiger partial charge in [-0.2, -0.15) is 5.10 Å². The highest BCUT2D eigenvalue weighted by atomic mass is 32.2. The van der Waals surface area contributed by atoms with Gasteiger partial charge in [0.25, 0.3) is 5.91 Å². The van der Waals surface area contributed by atoms with E-state index in [4.69, 9.17) is 26.5 Å². The smallest absolute Gasteiger partial charge is 0.266 e. The highest BCUT2D eigenvalue weighted by Gasteiger charge is 2.38. The van der Waals surface area contributed by atoms with Gasteiger partial charge in [0.15, 0.2) is 17.1 Å². The van der Waals surface area contributed by atoms with Crippen LogP contribution in [0.2, 0.25) is 0 Å². The summed E-state index contributed by atoms with van der Waals surface area (Å²) < 4.78 is 14.1. The molecule has 176 valence electrons. The SMILES string of the molecule is COc1cccc2cc(-c3nn(-c4ccccc4)cc3/C=C3\SC(=S)N(C4CCCC4)C3=O)oc12. The number of carbonyl (C=O) groups excluding carboxylic acids is 1. The number of benzene rings is 2. The maximum absolute atomic E-state index is 13.3. The number of thioether (sulfide) groups is 1. The first-order valence-electron chi connectivity index (χ1n) is 11.6. The zero-order chi connectivity index (χ0) is 23.9. The molecule has 4 aromatic rings. The third kappa shape index (κ3) is 3.96. The summed E-state index contributed by atoms with van der Waals surface area (Å²) in [5.41, 5.74) is 3.02. The van der Waals surface area contributed by atoms with Crippen molar-refractivity contribution in [2.24, 2.45) is 0 Å². The van der Waals surface area contributed by atoms with E-state index >= 15 is 0 Å². The summed E-state index contributed by atoms with van der Waals surface area (Å²) in [5.74, 6) is 1.25. The van der Waals surface area contributed by atoms with Crippen LogP contribution in [0, 0.1) is 0 Å². The summed E-state index contributed by atoms with van der Waals surface area (Å²) in [4.78, 5) is 15.8. The van der Waals surface area contributed by atoms with Gasteiger partial charge in [-0.05, 0) is 43.2 Å². The average Bonchev–Trinajstić information content (AvgIpc) is 3.66. The third-order valence-corrected chi connectivity index (χ3v) is 7.85. The van der Waals surface area contributed by atoms with Crippen molar-refractivity contribution < 1.29 is 13.9 Å². The van der Waals surface area contributed by atoms with Gasteiger partial charge in [0, 0.05) is 23.2 Å². The minimum atomic E-state index is -0.0170. The molecule has 8 heteroatoms. The van der Waals surface area contributed by atoms with Crippen LogP contribution < -0.4 is 4.74 Å². The van der Waals surface area contributed by atoms with Gasteiger partial charge in [0.1, 0.15) is 10.0 Å². The number of para-hydroxylation sites is 2. The van der Waals surface area contributed by atoms with Crippen LogP contribution in [0.15, 0.2) is 70.1 Å². The summed E-state index contributed by atoms with van der Waals surface area (Å²) in [6.07, 6.45) is 8.13. The summed E-state index contributed by atoms with van der Waals surface area (Å²) in [7, 11) is 1.62. The fourth-order valence-corrected chi connectivity index (χ4v) is 6.20. The maximum atomic E-state index is 13.3. The molecule has 1 aliphatic heterocycles. The molecule has 2 fully saturated rings. The van der Waals surface area contributed by atoms with Crippen LogP contribution in [0.25, 0.3) is 34.2 Å². The predicted octanol–water partition coefficient (Wildman–Crippen LogP) is 6.44. The van der Waals surface area contributed by atoms with Crippen LogP contribution in [0.1, 0.15) is 31.2 Å². The van der Waals surface area contributed by atoms with Crippen molar-refractivity contribution in [3.63, 3.8) is 0 Å². The predicted molar refractivity (Wildman–Crippen MR) is 143 cm³/mol. The second kappa shape index (κ2) is 9.02. The lowest BCUT2D eigenvalue weighted by Gasteiger charge is -2.21. The Labute approximate surface area is 212 Å². The molecule has 0 N–H and O–H groups in total. The number of aromatic nitrogens is 2. The van der Waals surface area contributed by atoms with Crippen LogP contribution in [0.4, 0.5) is 0 Å². The number of hydrogen-bond donors (Lipinski definition) is 0. The normalized spacial score (nSPS) is 17.9. The Morgan fingerprint density at radius 1 is 1.14 bits per heavy atom. The molecular formula is C27H23N3O3S2. The van der Waals surface area contributed by atoms with Crippen molar-refractivity contribution in [2.45, 2.75) is 31.7 Å². The minimum absolute atomic E-state index is 0.0170. The second-order valence-electron chi connectivity index (χ2n) is 8.69. The zero-order valence-electron chi connectivity index (χ0n) is 19.1. The van der Waals surface area contributed by atoms with E-state index in [2.05, 4.69) is 0 Å². The summed E-state index contributed by atoms with van der Waals surface area (Å²) in [6, 6.07) is 17.8. The van der Waals surface area contributed by atoms with Gasteiger partial charge in [-0.1, -0.05) is 67.2 Å². The molecule has 6 nitrogen and oxygen atoms in total. The van der Waals surface area contributed by atoms with Gasteiger partial charge in [-0.3, -0.25) is 9.69 Å².